The van der Waals surface area contributed by atoms with E-state index in [1.165, 1.54) is 44.2 Å². The molecular formula is C19H27NO. The molecule has 0 bridgehead atoms. The minimum atomic E-state index is 0.137. The molecule has 1 aromatic rings. The van der Waals surface area contributed by atoms with Gasteiger partial charge >= 0.3 is 0 Å². The first-order valence-electron chi connectivity index (χ1n) is 8.26. The molecule has 2 rings (SSSR count). The molecule has 1 unspecified atom stereocenters. The maximum Gasteiger partial charge on any atom is 0.0540 e. The van der Waals surface area contributed by atoms with Gasteiger partial charge in [0.05, 0.1) is 6.61 Å². The lowest BCUT2D eigenvalue weighted by atomic mass is 10.1. The van der Waals surface area contributed by atoms with Gasteiger partial charge in [-0.15, -0.1) is 0 Å². The van der Waals surface area contributed by atoms with Crippen LogP contribution in [-0.2, 0) is 6.54 Å². The summed E-state index contributed by atoms with van der Waals surface area (Å²) in [6, 6.07) is 9.33. The first-order chi connectivity index (χ1) is 10.3. The zero-order valence-corrected chi connectivity index (χ0v) is 13.1. The Morgan fingerprint density at radius 1 is 1.19 bits per heavy atom. The van der Waals surface area contributed by atoms with E-state index >= 15 is 0 Å². The van der Waals surface area contributed by atoms with Crippen LogP contribution in [0.3, 0.4) is 0 Å². The van der Waals surface area contributed by atoms with Gasteiger partial charge in [0.1, 0.15) is 0 Å². The van der Waals surface area contributed by atoms with Gasteiger partial charge in [-0.3, -0.25) is 4.90 Å². The monoisotopic (exact) mass is 285 g/mol. The van der Waals surface area contributed by atoms with Crippen LogP contribution in [0, 0.1) is 11.8 Å². The van der Waals surface area contributed by atoms with Crippen molar-refractivity contribution in [1.29, 1.82) is 0 Å². The Morgan fingerprint density at radius 2 is 2.00 bits per heavy atom. The van der Waals surface area contributed by atoms with Gasteiger partial charge in [-0.1, -0.05) is 43.7 Å². The Bertz CT molecular complexity index is 469. The molecule has 2 nitrogen and oxygen atoms in total. The minimum Gasteiger partial charge on any atom is -0.395 e. The van der Waals surface area contributed by atoms with Crippen LogP contribution in [0.15, 0.2) is 24.3 Å². The van der Waals surface area contributed by atoms with Gasteiger partial charge in [0.15, 0.2) is 0 Å². The van der Waals surface area contributed by atoms with Crippen molar-refractivity contribution in [3.8, 4) is 11.8 Å². The largest absolute Gasteiger partial charge is 0.395 e. The molecule has 114 valence electrons. The van der Waals surface area contributed by atoms with Crippen molar-refractivity contribution in [2.24, 2.45) is 0 Å². The van der Waals surface area contributed by atoms with E-state index in [9.17, 15) is 0 Å². The fourth-order valence-corrected chi connectivity index (χ4v) is 3.06. The molecule has 1 aliphatic heterocycles. The van der Waals surface area contributed by atoms with E-state index in [0.717, 1.165) is 18.2 Å². The summed E-state index contributed by atoms with van der Waals surface area (Å²) in [5, 5.41) is 8.73. The molecule has 0 radical (unpaired) electrons. The van der Waals surface area contributed by atoms with Gasteiger partial charge in [0.2, 0.25) is 0 Å². The first-order valence-corrected chi connectivity index (χ1v) is 8.26. The van der Waals surface area contributed by atoms with E-state index in [1.54, 1.807) is 0 Å². The molecule has 1 saturated heterocycles. The van der Waals surface area contributed by atoms with Crippen LogP contribution in [-0.4, -0.2) is 29.2 Å². The van der Waals surface area contributed by atoms with E-state index in [-0.39, 0.29) is 6.61 Å². The van der Waals surface area contributed by atoms with Crippen LogP contribution in [0.1, 0.15) is 56.6 Å². The average molecular weight is 285 g/mol. The molecule has 1 atom stereocenters. The highest BCUT2D eigenvalue weighted by atomic mass is 16.2. The third-order valence-electron chi connectivity index (χ3n) is 4.28. The summed E-state index contributed by atoms with van der Waals surface area (Å²) in [5.41, 5.74) is 2.41. The van der Waals surface area contributed by atoms with Gasteiger partial charge in [-0.2, -0.15) is 0 Å². The molecule has 0 saturated carbocycles. The maximum atomic E-state index is 8.73. The Kier molecular flexibility index (Phi) is 6.79. The van der Waals surface area contributed by atoms with Crippen molar-refractivity contribution in [1.82, 2.24) is 4.90 Å². The van der Waals surface area contributed by atoms with E-state index in [1.807, 2.05) is 0 Å². The third-order valence-corrected chi connectivity index (χ3v) is 4.28. The highest BCUT2D eigenvalue weighted by molar-refractivity contribution is 5.36. The number of aliphatic hydroxyl groups excluding tert-OH is 1. The molecule has 1 aliphatic rings. The minimum absolute atomic E-state index is 0.137. The second-order valence-corrected chi connectivity index (χ2v) is 5.85. The lowest BCUT2D eigenvalue weighted by Crippen LogP contribution is -2.33. The molecule has 2 heteroatoms. The van der Waals surface area contributed by atoms with Crippen molar-refractivity contribution in [3.63, 3.8) is 0 Å². The van der Waals surface area contributed by atoms with Gasteiger partial charge in [-0.25, -0.2) is 0 Å². The zero-order chi connectivity index (χ0) is 14.9. The Morgan fingerprint density at radius 3 is 2.71 bits per heavy atom. The molecular weight excluding hydrogens is 258 g/mol. The predicted molar refractivity (Wildman–Crippen MR) is 88.0 cm³/mol. The van der Waals surface area contributed by atoms with Gasteiger partial charge in [0.25, 0.3) is 0 Å². The molecule has 0 amide bonds. The van der Waals surface area contributed by atoms with E-state index < -0.39 is 0 Å². The van der Waals surface area contributed by atoms with Crippen LogP contribution in [0.25, 0.3) is 0 Å². The summed E-state index contributed by atoms with van der Waals surface area (Å²) in [6.07, 6.45) is 7.25. The van der Waals surface area contributed by atoms with Gasteiger partial charge in [0, 0.05) is 24.6 Å². The molecule has 1 aromatic carbocycles. The molecule has 1 heterocycles. The van der Waals surface area contributed by atoms with E-state index in [4.69, 9.17) is 5.11 Å². The lowest BCUT2D eigenvalue weighted by Gasteiger charge is -2.29. The Hall–Kier alpha value is -1.30. The number of aliphatic hydroxyl groups is 1. The van der Waals surface area contributed by atoms with Crippen LogP contribution in [0.5, 0.6) is 0 Å². The Balaban J connectivity index is 1.97. The fourth-order valence-electron chi connectivity index (χ4n) is 3.06. The summed E-state index contributed by atoms with van der Waals surface area (Å²) in [6.45, 7) is 4.74. The van der Waals surface area contributed by atoms with Crippen molar-refractivity contribution in [3.05, 3.63) is 35.4 Å². The Labute approximate surface area is 129 Å². The molecule has 0 aliphatic carbocycles. The average Bonchev–Trinajstić information content (AvgIpc) is 2.74. The smallest absolute Gasteiger partial charge is 0.0540 e. The van der Waals surface area contributed by atoms with E-state index in [0.29, 0.717) is 6.42 Å². The predicted octanol–water partition coefficient (Wildman–Crippen LogP) is 3.58. The van der Waals surface area contributed by atoms with Crippen LogP contribution < -0.4 is 0 Å². The molecule has 21 heavy (non-hydrogen) atoms. The summed E-state index contributed by atoms with van der Waals surface area (Å²) < 4.78 is 0. The van der Waals surface area contributed by atoms with E-state index in [2.05, 4.69) is 47.9 Å². The summed E-state index contributed by atoms with van der Waals surface area (Å²) in [4.78, 5) is 2.65. The fraction of sp³-hybridized carbons (Fsp3) is 0.579. The number of likely N-dealkylation sites (tertiary alicyclic amines) is 1. The molecule has 0 aromatic heterocycles. The molecule has 1 fully saturated rings. The highest BCUT2D eigenvalue weighted by Gasteiger charge is 2.19. The molecule has 1 N–H and O–H groups in total. The van der Waals surface area contributed by atoms with Gasteiger partial charge in [-0.05, 0) is 43.5 Å². The quantitative estimate of drug-likeness (QED) is 0.855. The second kappa shape index (κ2) is 8.87. The SMILES string of the molecule is CCC1CCCCCN1Cc1ccc(C#CCCO)cc1. The maximum absolute atomic E-state index is 8.73. The van der Waals surface area contributed by atoms with Crippen LogP contribution >= 0.6 is 0 Å². The first kappa shape index (κ1) is 16.1. The third kappa shape index (κ3) is 5.19. The highest BCUT2D eigenvalue weighted by Crippen LogP contribution is 2.21. The lowest BCUT2D eigenvalue weighted by molar-refractivity contribution is 0.186. The summed E-state index contributed by atoms with van der Waals surface area (Å²) in [5.74, 6) is 6.05. The standard InChI is InChI=1S/C19H27NO/c1-2-19-9-4-3-6-14-20(19)16-18-12-10-17(11-13-18)8-5-7-15-21/h10-13,19,21H,2-4,6-7,9,14-16H2,1H3. The van der Waals surface area contributed by atoms with Crippen molar-refractivity contribution >= 4 is 0 Å². The number of hydrogen-bond acceptors (Lipinski definition) is 2. The topological polar surface area (TPSA) is 23.5 Å². The zero-order valence-electron chi connectivity index (χ0n) is 13.1. The molecule has 0 spiro atoms. The van der Waals surface area contributed by atoms with Crippen molar-refractivity contribution in [2.75, 3.05) is 13.2 Å². The van der Waals surface area contributed by atoms with Crippen LogP contribution in [0.4, 0.5) is 0 Å². The summed E-state index contributed by atoms with van der Waals surface area (Å²) >= 11 is 0. The number of benzene rings is 1. The second-order valence-electron chi connectivity index (χ2n) is 5.85. The number of rotatable bonds is 4. The summed E-state index contributed by atoms with van der Waals surface area (Å²) in [7, 11) is 0. The van der Waals surface area contributed by atoms with Crippen LogP contribution in [0.2, 0.25) is 0 Å². The number of hydrogen-bond donors (Lipinski definition) is 1. The van der Waals surface area contributed by atoms with Crippen molar-refractivity contribution < 1.29 is 5.11 Å². The van der Waals surface area contributed by atoms with Gasteiger partial charge < -0.3 is 5.11 Å². The normalized spacial score (nSPS) is 19.6. The number of nitrogens with zero attached hydrogens (tertiary/aromatic N) is 1. The van der Waals surface area contributed by atoms with Crippen molar-refractivity contribution in [2.45, 2.75) is 58.0 Å².